The van der Waals surface area contributed by atoms with Gasteiger partial charge in [-0.1, -0.05) is 73.3 Å². The van der Waals surface area contributed by atoms with Crippen LogP contribution in [-0.2, 0) is 19.0 Å². The summed E-state index contributed by atoms with van der Waals surface area (Å²) in [5, 5.41) is 10.6. The third-order valence-electron chi connectivity index (χ3n) is 8.25. The Balaban J connectivity index is 2.50. The monoisotopic (exact) mass is 761 g/mol. The van der Waals surface area contributed by atoms with Gasteiger partial charge in [0.15, 0.2) is 0 Å². The van der Waals surface area contributed by atoms with Crippen LogP contribution in [0.25, 0.3) is 0 Å². The number of thiocarbonyl (C=S) groups is 6. The minimum Gasteiger partial charge on any atom is -0.460 e. The second kappa shape index (κ2) is 21.9. The molecule has 0 unspecified atom stereocenters. The molecule has 0 radical (unpaired) electrons. The smallest absolute Gasteiger partial charge is 0.313 e. The Hall–Kier alpha value is -0.190. The highest BCUT2D eigenvalue weighted by Gasteiger charge is 2.44. The molecule has 2 bridgehead atoms. The first-order chi connectivity index (χ1) is 22.2. The summed E-state index contributed by atoms with van der Waals surface area (Å²) in [4.78, 5) is 19.4. The molecule has 0 amide bonds. The van der Waals surface area contributed by atoms with Crippen molar-refractivity contribution in [3.63, 3.8) is 0 Å². The third kappa shape index (κ3) is 17.5. The van der Waals surface area contributed by atoms with E-state index in [1.807, 2.05) is 20.8 Å². The minimum atomic E-state index is -0.945. The number of ether oxygens (including phenoxy) is 3. The molecule has 266 valence electrons. The molecule has 3 aliphatic heterocycles. The molecule has 3 saturated heterocycles. The van der Waals surface area contributed by atoms with Crippen LogP contribution in [0, 0.1) is 10.8 Å². The highest BCUT2D eigenvalue weighted by molar-refractivity contribution is 7.81. The molecule has 3 N–H and O–H groups in total. The molecule has 13 heteroatoms. The predicted molar refractivity (Wildman–Crippen MR) is 218 cm³/mol. The van der Waals surface area contributed by atoms with E-state index in [0.717, 1.165) is 68.1 Å². The minimum absolute atomic E-state index is 0.202. The zero-order valence-corrected chi connectivity index (χ0v) is 33.6. The molecule has 0 atom stereocenters. The van der Waals surface area contributed by atoms with Gasteiger partial charge in [0.05, 0.1) is 12.0 Å². The molecule has 47 heavy (non-hydrogen) atoms. The summed E-state index contributed by atoms with van der Waals surface area (Å²) in [5.41, 5.74) is -1.93. The van der Waals surface area contributed by atoms with Gasteiger partial charge in [-0.25, -0.2) is 0 Å². The molecule has 0 aliphatic carbocycles. The number of carbonyl (C=O) groups excluding carboxylic acids is 1. The van der Waals surface area contributed by atoms with Gasteiger partial charge >= 0.3 is 5.97 Å². The fourth-order valence-corrected chi connectivity index (χ4v) is 8.49. The Kier molecular flexibility index (Phi) is 20.0. The Morgan fingerprint density at radius 3 is 1.23 bits per heavy atom. The number of rotatable bonds is 5. The number of hydrogen-bond donors (Lipinski definition) is 3. The van der Waals surface area contributed by atoms with Crippen LogP contribution < -0.4 is 16.0 Å². The van der Waals surface area contributed by atoms with Crippen molar-refractivity contribution in [3.05, 3.63) is 0 Å². The summed E-state index contributed by atoms with van der Waals surface area (Å²) in [7, 11) is 1.63. The maximum absolute atomic E-state index is 14.1. The van der Waals surface area contributed by atoms with Gasteiger partial charge in [0.25, 0.3) is 0 Å². The number of esters is 1. The van der Waals surface area contributed by atoms with E-state index < -0.39 is 11.0 Å². The average molecular weight is 762 g/mol. The quantitative estimate of drug-likeness (QED) is 0.122. The van der Waals surface area contributed by atoms with Crippen LogP contribution in [-0.4, -0.2) is 101 Å². The van der Waals surface area contributed by atoms with E-state index in [9.17, 15) is 4.79 Å². The summed E-state index contributed by atoms with van der Waals surface area (Å²) in [5.74, 6) is -0.283. The van der Waals surface area contributed by atoms with Crippen molar-refractivity contribution < 1.29 is 19.0 Å². The van der Waals surface area contributed by atoms with Crippen molar-refractivity contribution in [2.24, 2.45) is 10.8 Å². The summed E-state index contributed by atoms with van der Waals surface area (Å²) < 4.78 is 17.3. The molecule has 3 aliphatic rings. The Morgan fingerprint density at radius 2 is 0.936 bits per heavy atom. The lowest BCUT2D eigenvalue weighted by molar-refractivity contribution is -0.166. The van der Waals surface area contributed by atoms with Crippen molar-refractivity contribution in [3.8, 4) is 0 Å². The molecular formula is C34H55N3O4S6. The molecule has 0 spiro atoms. The topological polar surface area (TPSA) is 80.9 Å². The number of fused-ring (bicyclic) bond motifs is 24. The number of methoxy groups -OCH3 is 1. The number of hydrogen-bond acceptors (Lipinski definition) is 13. The molecule has 3 fully saturated rings. The van der Waals surface area contributed by atoms with Gasteiger partial charge in [0, 0.05) is 12.5 Å². The Bertz CT molecular complexity index is 1020. The van der Waals surface area contributed by atoms with Gasteiger partial charge in [0.1, 0.15) is 12.4 Å². The lowest BCUT2D eigenvalue weighted by Crippen LogP contribution is -2.42. The second-order valence-corrected chi connectivity index (χ2v) is 17.5. The SMILES string of the molecule is COCOCC12CC(=S)CCNCCC(=S)CC(C(=O)OC(C)(C)C)(CC(=S)CCNCCC(=S)C1)CC(=S)CCNCCC(=S)C2. The molecule has 0 aromatic carbocycles. The third-order valence-corrected chi connectivity index (χ3v) is 10.3. The first kappa shape index (κ1) is 43.0. The lowest BCUT2D eigenvalue weighted by atomic mass is 9.73. The summed E-state index contributed by atoms with van der Waals surface area (Å²) in [6.45, 7) is 10.6. The van der Waals surface area contributed by atoms with Gasteiger partial charge in [-0.15, -0.1) is 0 Å². The van der Waals surface area contributed by atoms with Crippen molar-refractivity contribution in [1.82, 2.24) is 16.0 Å². The van der Waals surface area contributed by atoms with Crippen molar-refractivity contribution >= 4 is 108 Å². The van der Waals surface area contributed by atoms with Crippen LogP contribution in [0.3, 0.4) is 0 Å². The van der Waals surface area contributed by atoms with Gasteiger partial charge < -0.3 is 30.2 Å². The van der Waals surface area contributed by atoms with Gasteiger partial charge in [0.2, 0.25) is 0 Å². The van der Waals surface area contributed by atoms with Gasteiger partial charge in [-0.3, -0.25) is 4.79 Å². The van der Waals surface area contributed by atoms with Crippen molar-refractivity contribution in [2.75, 3.05) is 59.8 Å². The van der Waals surface area contributed by atoms with Crippen LogP contribution in [0.2, 0.25) is 0 Å². The summed E-state index contributed by atoms with van der Waals surface area (Å²) in [6.07, 6.45) is 7.40. The van der Waals surface area contributed by atoms with Crippen LogP contribution in [0.5, 0.6) is 0 Å². The van der Waals surface area contributed by atoms with E-state index in [-0.39, 0.29) is 18.2 Å². The highest BCUT2D eigenvalue weighted by Crippen LogP contribution is 2.38. The standard InChI is InChI=1S/C34H55N3O4S6/c1-32(2,3)41-31(38)34-20-28(45)8-14-35-11-5-25(42)17-33(23-40-24-39-4,18-26(43)6-12-36-15-9-29(46)21-34)19-27(44)7-13-37-16-10-30(47)22-34/h35-37H,5-24H2,1-4H3. The van der Waals surface area contributed by atoms with Crippen molar-refractivity contribution in [2.45, 2.75) is 103 Å². The summed E-state index contributed by atoms with van der Waals surface area (Å²) >= 11 is 35.7. The Morgan fingerprint density at radius 1 is 0.617 bits per heavy atom. The summed E-state index contributed by atoms with van der Waals surface area (Å²) in [6, 6.07) is 0. The molecule has 3 rings (SSSR count). The van der Waals surface area contributed by atoms with E-state index in [2.05, 4.69) is 16.0 Å². The van der Waals surface area contributed by atoms with Crippen LogP contribution in [0.1, 0.15) is 97.8 Å². The fraction of sp³-hybridized carbons (Fsp3) is 0.794. The maximum Gasteiger partial charge on any atom is 0.313 e. The normalized spacial score (nSPS) is 26.6. The number of nitrogens with one attached hydrogen (secondary N) is 3. The number of carbonyl (C=O) groups is 1. The zero-order valence-electron chi connectivity index (χ0n) is 28.7. The molecule has 3 heterocycles. The lowest BCUT2D eigenvalue weighted by Gasteiger charge is -2.36. The van der Waals surface area contributed by atoms with E-state index >= 15 is 0 Å². The van der Waals surface area contributed by atoms with Crippen LogP contribution in [0.15, 0.2) is 0 Å². The predicted octanol–water partition coefficient (Wildman–Crippen LogP) is 6.62. The Labute approximate surface area is 315 Å². The van der Waals surface area contributed by atoms with Crippen LogP contribution >= 0.6 is 73.3 Å². The maximum atomic E-state index is 14.1. The van der Waals surface area contributed by atoms with Gasteiger partial charge in [-0.05, 0) is 166 Å². The highest BCUT2D eigenvalue weighted by atomic mass is 32.1. The second-order valence-electron chi connectivity index (χ2n) is 14.1. The first-order valence-electron chi connectivity index (χ1n) is 16.7. The van der Waals surface area contributed by atoms with E-state index in [1.54, 1.807) is 7.11 Å². The zero-order chi connectivity index (χ0) is 34.9. The van der Waals surface area contributed by atoms with Crippen molar-refractivity contribution in [1.29, 1.82) is 0 Å². The largest absolute Gasteiger partial charge is 0.460 e. The first-order valence-corrected chi connectivity index (χ1v) is 19.1. The van der Waals surface area contributed by atoms with E-state index in [0.29, 0.717) is 84.0 Å². The van der Waals surface area contributed by atoms with Gasteiger partial charge in [-0.2, -0.15) is 0 Å². The molecule has 0 saturated carbocycles. The van der Waals surface area contributed by atoms with Crippen LogP contribution in [0.4, 0.5) is 0 Å². The van der Waals surface area contributed by atoms with E-state index in [4.69, 9.17) is 87.5 Å². The average Bonchev–Trinajstić information content (AvgIpc) is 2.94. The molecule has 0 aromatic heterocycles. The fourth-order valence-electron chi connectivity index (χ4n) is 6.13. The molecule has 7 nitrogen and oxygen atoms in total. The molecule has 0 aromatic rings. The molecular weight excluding hydrogens is 707 g/mol. The van der Waals surface area contributed by atoms with E-state index in [1.165, 1.54) is 0 Å².